The summed E-state index contributed by atoms with van der Waals surface area (Å²) < 4.78 is 0. The van der Waals surface area contributed by atoms with Crippen LogP contribution in [0.5, 0.6) is 0 Å². The number of rotatable bonds is 3. The van der Waals surface area contributed by atoms with Gasteiger partial charge in [-0.1, -0.05) is 0 Å². The van der Waals surface area contributed by atoms with Gasteiger partial charge in [-0.15, -0.1) is 0 Å². The quantitative estimate of drug-likeness (QED) is 0.716. The number of hydrogen-bond donors (Lipinski definition) is 1. The molecule has 0 aromatic heterocycles. The van der Waals surface area contributed by atoms with Gasteiger partial charge in [0.25, 0.3) is 0 Å². The number of nitrogens with two attached hydrogens (primary N) is 1. The number of nitrogens with zero attached hydrogens (tertiary/aromatic N) is 2. The molecule has 2 N–H and O–H groups in total. The molecule has 0 aromatic carbocycles. The summed E-state index contributed by atoms with van der Waals surface area (Å²) in [7, 11) is 0. The SMILES string of the molecule is NCCC(=O)N1CCCN(C2CC2)CC1. The topological polar surface area (TPSA) is 49.6 Å². The maximum Gasteiger partial charge on any atom is 0.223 e. The van der Waals surface area contributed by atoms with Crippen molar-refractivity contribution >= 4 is 5.91 Å². The average molecular weight is 211 g/mol. The molecule has 15 heavy (non-hydrogen) atoms. The van der Waals surface area contributed by atoms with Crippen LogP contribution in [0.25, 0.3) is 0 Å². The first-order valence-corrected chi connectivity index (χ1v) is 6.03. The van der Waals surface area contributed by atoms with E-state index >= 15 is 0 Å². The largest absolute Gasteiger partial charge is 0.341 e. The lowest BCUT2D eigenvalue weighted by Crippen LogP contribution is -2.36. The Labute approximate surface area is 91.4 Å². The molecule has 4 nitrogen and oxygen atoms in total. The Bertz CT molecular complexity index is 228. The van der Waals surface area contributed by atoms with Crippen LogP contribution in [0.4, 0.5) is 0 Å². The Morgan fingerprint density at radius 1 is 1.20 bits per heavy atom. The summed E-state index contributed by atoms with van der Waals surface area (Å²) in [4.78, 5) is 16.2. The monoisotopic (exact) mass is 211 g/mol. The van der Waals surface area contributed by atoms with Gasteiger partial charge in [-0.25, -0.2) is 0 Å². The predicted molar refractivity (Wildman–Crippen MR) is 59.5 cm³/mol. The van der Waals surface area contributed by atoms with Crippen molar-refractivity contribution in [2.75, 3.05) is 32.7 Å². The van der Waals surface area contributed by atoms with Gasteiger partial charge in [0.15, 0.2) is 0 Å². The highest BCUT2D eigenvalue weighted by molar-refractivity contribution is 5.76. The van der Waals surface area contributed by atoms with E-state index in [4.69, 9.17) is 5.73 Å². The summed E-state index contributed by atoms with van der Waals surface area (Å²) in [6.07, 6.45) is 4.34. The predicted octanol–water partition coefficient (Wildman–Crippen LogP) is 0.0319. The van der Waals surface area contributed by atoms with E-state index in [1.807, 2.05) is 4.90 Å². The normalized spacial score (nSPS) is 23.9. The summed E-state index contributed by atoms with van der Waals surface area (Å²) in [6.45, 7) is 4.51. The van der Waals surface area contributed by atoms with Gasteiger partial charge in [0, 0.05) is 45.2 Å². The molecule has 1 saturated heterocycles. The van der Waals surface area contributed by atoms with E-state index in [2.05, 4.69) is 4.90 Å². The molecule has 0 atom stereocenters. The van der Waals surface area contributed by atoms with Gasteiger partial charge in [0.05, 0.1) is 0 Å². The lowest BCUT2D eigenvalue weighted by Gasteiger charge is -2.21. The zero-order chi connectivity index (χ0) is 10.7. The minimum absolute atomic E-state index is 0.232. The molecular weight excluding hydrogens is 190 g/mol. The Kier molecular flexibility index (Phi) is 3.59. The molecule has 1 heterocycles. The van der Waals surface area contributed by atoms with Crippen molar-refractivity contribution in [2.24, 2.45) is 5.73 Å². The number of hydrogen-bond acceptors (Lipinski definition) is 3. The molecule has 4 heteroatoms. The maximum atomic E-state index is 11.7. The van der Waals surface area contributed by atoms with E-state index in [0.717, 1.165) is 38.6 Å². The van der Waals surface area contributed by atoms with Crippen LogP contribution >= 0.6 is 0 Å². The van der Waals surface area contributed by atoms with Crippen LogP contribution < -0.4 is 5.73 Å². The average Bonchev–Trinajstić information content (AvgIpc) is 3.04. The van der Waals surface area contributed by atoms with Crippen molar-refractivity contribution in [3.8, 4) is 0 Å². The Morgan fingerprint density at radius 2 is 2.00 bits per heavy atom. The molecule has 0 unspecified atom stereocenters. The van der Waals surface area contributed by atoms with Gasteiger partial charge in [-0.05, 0) is 19.3 Å². The molecule has 0 spiro atoms. The third kappa shape index (κ3) is 2.92. The zero-order valence-electron chi connectivity index (χ0n) is 9.32. The standard InChI is InChI=1S/C11H21N3O/c12-5-4-11(15)14-7-1-6-13(8-9-14)10-2-3-10/h10H,1-9,12H2. The first-order chi connectivity index (χ1) is 7.31. The summed E-state index contributed by atoms with van der Waals surface area (Å²) in [5.74, 6) is 0.232. The van der Waals surface area contributed by atoms with Gasteiger partial charge in [-0.2, -0.15) is 0 Å². The lowest BCUT2D eigenvalue weighted by molar-refractivity contribution is -0.130. The van der Waals surface area contributed by atoms with Crippen LogP contribution in [0.1, 0.15) is 25.7 Å². The van der Waals surface area contributed by atoms with Crippen LogP contribution in [0.3, 0.4) is 0 Å². The van der Waals surface area contributed by atoms with E-state index < -0.39 is 0 Å². The second kappa shape index (κ2) is 4.94. The first-order valence-electron chi connectivity index (χ1n) is 6.03. The van der Waals surface area contributed by atoms with Crippen molar-refractivity contribution in [2.45, 2.75) is 31.7 Å². The number of carbonyl (C=O) groups excluding carboxylic acids is 1. The second-order valence-electron chi connectivity index (χ2n) is 4.54. The van der Waals surface area contributed by atoms with E-state index in [0.29, 0.717) is 13.0 Å². The summed E-state index contributed by atoms with van der Waals surface area (Å²) in [5, 5.41) is 0. The molecule has 2 fully saturated rings. The fourth-order valence-corrected chi connectivity index (χ4v) is 2.27. The fraction of sp³-hybridized carbons (Fsp3) is 0.909. The van der Waals surface area contributed by atoms with Crippen LogP contribution in [-0.2, 0) is 4.79 Å². The molecule has 86 valence electrons. The van der Waals surface area contributed by atoms with Crippen molar-refractivity contribution in [3.63, 3.8) is 0 Å². The lowest BCUT2D eigenvalue weighted by atomic mass is 10.3. The van der Waals surface area contributed by atoms with Gasteiger partial charge in [0.1, 0.15) is 0 Å². The third-order valence-corrected chi connectivity index (χ3v) is 3.30. The molecule has 2 aliphatic rings. The van der Waals surface area contributed by atoms with E-state index in [1.165, 1.54) is 12.8 Å². The van der Waals surface area contributed by atoms with Crippen LogP contribution in [0.2, 0.25) is 0 Å². The minimum Gasteiger partial charge on any atom is -0.341 e. The molecule has 1 aliphatic heterocycles. The number of amides is 1. The Morgan fingerprint density at radius 3 is 2.67 bits per heavy atom. The minimum atomic E-state index is 0.232. The van der Waals surface area contributed by atoms with Gasteiger partial charge < -0.3 is 10.6 Å². The third-order valence-electron chi connectivity index (χ3n) is 3.30. The molecule has 0 radical (unpaired) electrons. The van der Waals surface area contributed by atoms with Gasteiger partial charge in [-0.3, -0.25) is 9.69 Å². The highest BCUT2D eigenvalue weighted by atomic mass is 16.2. The highest BCUT2D eigenvalue weighted by Crippen LogP contribution is 2.27. The van der Waals surface area contributed by atoms with Crippen molar-refractivity contribution in [1.29, 1.82) is 0 Å². The van der Waals surface area contributed by atoms with Crippen LogP contribution in [0, 0.1) is 0 Å². The summed E-state index contributed by atoms with van der Waals surface area (Å²) in [5.41, 5.74) is 5.40. The maximum absolute atomic E-state index is 11.7. The summed E-state index contributed by atoms with van der Waals surface area (Å²) >= 11 is 0. The number of carbonyl (C=O) groups is 1. The van der Waals surface area contributed by atoms with Gasteiger partial charge >= 0.3 is 0 Å². The van der Waals surface area contributed by atoms with Crippen LogP contribution in [0.15, 0.2) is 0 Å². The zero-order valence-corrected chi connectivity index (χ0v) is 9.32. The molecule has 0 aromatic rings. The Balaban J connectivity index is 1.80. The van der Waals surface area contributed by atoms with E-state index in [-0.39, 0.29) is 5.91 Å². The molecular formula is C11H21N3O. The highest BCUT2D eigenvalue weighted by Gasteiger charge is 2.30. The summed E-state index contributed by atoms with van der Waals surface area (Å²) in [6, 6.07) is 0.828. The van der Waals surface area contributed by atoms with E-state index in [9.17, 15) is 4.79 Å². The van der Waals surface area contributed by atoms with Gasteiger partial charge in [0.2, 0.25) is 5.91 Å². The fourth-order valence-electron chi connectivity index (χ4n) is 2.27. The van der Waals surface area contributed by atoms with Crippen molar-refractivity contribution in [3.05, 3.63) is 0 Å². The van der Waals surface area contributed by atoms with Crippen molar-refractivity contribution < 1.29 is 4.79 Å². The van der Waals surface area contributed by atoms with E-state index in [1.54, 1.807) is 0 Å². The molecule has 1 amide bonds. The molecule has 1 aliphatic carbocycles. The second-order valence-corrected chi connectivity index (χ2v) is 4.54. The first kappa shape index (κ1) is 10.9. The molecule has 1 saturated carbocycles. The van der Waals surface area contributed by atoms with Crippen molar-refractivity contribution in [1.82, 2.24) is 9.80 Å². The smallest absolute Gasteiger partial charge is 0.223 e. The molecule has 2 rings (SSSR count). The molecule has 0 bridgehead atoms. The Hall–Kier alpha value is -0.610. The van der Waals surface area contributed by atoms with Crippen LogP contribution in [-0.4, -0.2) is 54.5 Å².